The fourth-order valence-electron chi connectivity index (χ4n) is 3.60. The summed E-state index contributed by atoms with van der Waals surface area (Å²) in [6.07, 6.45) is 3.88. The monoisotopic (exact) mass is 393 g/mol. The summed E-state index contributed by atoms with van der Waals surface area (Å²) >= 11 is 0. The quantitative estimate of drug-likeness (QED) is 0.396. The molecule has 0 radical (unpaired) electrons. The van der Waals surface area contributed by atoms with E-state index in [0.29, 0.717) is 13.2 Å². The van der Waals surface area contributed by atoms with Crippen molar-refractivity contribution < 1.29 is 14.6 Å². The van der Waals surface area contributed by atoms with Gasteiger partial charge in [0.15, 0.2) is 5.88 Å². The van der Waals surface area contributed by atoms with Gasteiger partial charge < -0.3 is 30.2 Å². The lowest BCUT2D eigenvalue weighted by atomic mass is 9.98. The molecule has 0 bridgehead atoms. The van der Waals surface area contributed by atoms with Gasteiger partial charge in [0.1, 0.15) is 11.5 Å². The molecule has 1 unspecified atom stereocenters. The number of benzene rings is 2. The van der Waals surface area contributed by atoms with E-state index in [4.69, 9.17) is 9.47 Å². The molecule has 2 aromatic carbocycles. The van der Waals surface area contributed by atoms with Crippen LogP contribution in [-0.4, -0.2) is 23.3 Å². The van der Waals surface area contributed by atoms with Crippen molar-refractivity contribution in [3.05, 3.63) is 59.8 Å². The van der Waals surface area contributed by atoms with Gasteiger partial charge in [-0.15, -0.1) is 0 Å². The second-order valence-electron chi connectivity index (χ2n) is 7.05. The maximum absolute atomic E-state index is 10.5. The molecule has 0 spiro atoms. The second kappa shape index (κ2) is 8.39. The van der Waals surface area contributed by atoms with Gasteiger partial charge in [-0.25, -0.2) is 0 Å². The van der Waals surface area contributed by atoms with Gasteiger partial charge in [0.2, 0.25) is 0 Å². The van der Waals surface area contributed by atoms with E-state index in [1.165, 1.54) is 0 Å². The highest BCUT2D eigenvalue weighted by atomic mass is 16.5. The first-order valence-corrected chi connectivity index (χ1v) is 10.1. The standard InChI is InChI=1S/C23H27N3O3/c1-3-5-12-29-15-10-11-16(20(13-15)28-4-2)22-21-19(14-24-23(21)27)25-17-8-6-7-9-18(17)26-22/h6-11,13-14,22,24-27H,3-5,12H2,1-2H3. The van der Waals surface area contributed by atoms with Crippen LogP contribution in [0.25, 0.3) is 0 Å². The third-order valence-corrected chi connectivity index (χ3v) is 5.05. The van der Waals surface area contributed by atoms with E-state index < -0.39 is 0 Å². The molecule has 0 saturated heterocycles. The van der Waals surface area contributed by atoms with Crippen molar-refractivity contribution in [1.82, 2.24) is 4.98 Å². The highest BCUT2D eigenvalue weighted by Crippen LogP contribution is 2.46. The summed E-state index contributed by atoms with van der Waals surface area (Å²) in [7, 11) is 0. The molecule has 1 aromatic heterocycles. The van der Waals surface area contributed by atoms with Gasteiger partial charge in [-0.2, -0.15) is 0 Å². The number of anilines is 3. The van der Waals surface area contributed by atoms with Crippen molar-refractivity contribution in [3.63, 3.8) is 0 Å². The van der Waals surface area contributed by atoms with E-state index >= 15 is 0 Å². The van der Waals surface area contributed by atoms with Crippen LogP contribution in [0, 0.1) is 0 Å². The predicted octanol–water partition coefficient (Wildman–Crippen LogP) is 5.56. The molecule has 1 aliphatic rings. The Labute approximate surface area is 170 Å². The van der Waals surface area contributed by atoms with E-state index in [9.17, 15) is 5.11 Å². The number of aromatic nitrogens is 1. The molecule has 152 valence electrons. The molecule has 4 N–H and O–H groups in total. The molecule has 1 atom stereocenters. The van der Waals surface area contributed by atoms with Crippen LogP contribution >= 0.6 is 0 Å². The zero-order chi connectivity index (χ0) is 20.2. The van der Waals surface area contributed by atoms with Crippen molar-refractivity contribution in [3.8, 4) is 17.4 Å². The second-order valence-corrected chi connectivity index (χ2v) is 7.05. The van der Waals surface area contributed by atoms with Gasteiger partial charge in [0.05, 0.1) is 41.9 Å². The lowest BCUT2D eigenvalue weighted by molar-refractivity contribution is 0.301. The number of fused-ring (bicyclic) bond motifs is 2. The number of H-pyrrole nitrogens is 1. The molecule has 2 heterocycles. The number of aromatic hydroxyl groups is 1. The average molecular weight is 393 g/mol. The Morgan fingerprint density at radius 1 is 1.00 bits per heavy atom. The number of ether oxygens (including phenoxy) is 2. The van der Waals surface area contributed by atoms with Crippen LogP contribution in [0.15, 0.2) is 48.7 Å². The molecule has 1 aliphatic heterocycles. The summed E-state index contributed by atoms with van der Waals surface area (Å²) in [5, 5.41) is 17.5. The number of hydrogen-bond donors (Lipinski definition) is 4. The maximum Gasteiger partial charge on any atom is 0.196 e. The first kappa shape index (κ1) is 19.1. The van der Waals surface area contributed by atoms with Crippen molar-refractivity contribution >= 4 is 17.1 Å². The van der Waals surface area contributed by atoms with E-state index in [0.717, 1.165) is 52.5 Å². The molecule has 6 nitrogen and oxygen atoms in total. The minimum atomic E-state index is -0.293. The number of aromatic amines is 1. The number of para-hydroxylation sites is 2. The van der Waals surface area contributed by atoms with Crippen LogP contribution < -0.4 is 20.1 Å². The van der Waals surface area contributed by atoms with Gasteiger partial charge in [-0.05, 0) is 37.6 Å². The van der Waals surface area contributed by atoms with Crippen molar-refractivity contribution in [1.29, 1.82) is 0 Å². The summed E-state index contributed by atoms with van der Waals surface area (Å²) in [4.78, 5) is 2.92. The summed E-state index contributed by atoms with van der Waals surface area (Å²) in [6.45, 7) is 5.33. The number of rotatable bonds is 7. The molecule has 29 heavy (non-hydrogen) atoms. The van der Waals surface area contributed by atoms with E-state index in [2.05, 4.69) is 22.5 Å². The molecule has 0 fully saturated rings. The van der Waals surface area contributed by atoms with E-state index in [1.54, 1.807) is 6.20 Å². The summed E-state index contributed by atoms with van der Waals surface area (Å²) < 4.78 is 11.8. The Kier molecular flexibility index (Phi) is 5.51. The smallest absolute Gasteiger partial charge is 0.196 e. The first-order valence-electron chi connectivity index (χ1n) is 10.1. The Bertz CT molecular complexity index is 983. The summed E-state index contributed by atoms with van der Waals surface area (Å²) in [6, 6.07) is 13.6. The van der Waals surface area contributed by atoms with Crippen molar-refractivity contribution in [2.75, 3.05) is 23.8 Å². The molecule has 0 amide bonds. The van der Waals surface area contributed by atoms with Crippen molar-refractivity contribution in [2.24, 2.45) is 0 Å². The molecule has 0 aliphatic carbocycles. The summed E-state index contributed by atoms with van der Waals surface area (Å²) in [5.41, 5.74) is 4.42. The fourth-order valence-corrected chi connectivity index (χ4v) is 3.60. The average Bonchev–Trinajstić information content (AvgIpc) is 2.99. The molecule has 6 heteroatoms. The van der Waals surface area contributed by atoms with Gasteiger partial charge in [-0.3, -0.25) is 0 Å². The topological polar surface area (TPSA) is 78.5 Å². The van der Waals surface area contributed by atoms with Gasteiger partial charge in [0.25, 0.3) is 0 Å². The molecule has 3 aromatic rings. The van der Waals surface area contributed by atoms with E-state index in [1.807, 2.05) is 49.4 Å². The molecule has 0 saturated carbocycles. The lowest BCUT2D eigenvalue weighted by Crippen LogP contribution is -2.13. The molecular weight excluding hydrogens is 366 g/mol. The molecule has 4 rings (SSSR count). The highest BCUT2D eigenvalue weighted by molar-refractivity contribution is 5.81. The molecular formula is C23H27N3O3. The van der Waals surface area contributed by atoms with Crippen LogP contribution in [0.4, 0.5) is 17.1 Å². The lowest BCUT2D eigenvalue weighted by Gasteiger charge is -2.22. The SMILES string of the molecule is CCCCOc1ccc(C2Nc3ccccc3Nc3c[nH]c(O)c32)c(OCC)c1. The normalized spacial score (nSPS) is 14.8. The van der Waals surface area contributed by atoms with Crippen LogP contribution in [0.3, 0.4) is 0 Å². The van der Waals surface area contributed by atoms with Gasteiger partial charge in [0, 0.05) is 17.8 Å². The Morgan fingerprint density at radius 2 is 1.83 bits per heavy atom. The predicted molar refractivity (Wildman–Crippen MR) is 116 cm³/mol. The van der Waals surface area contributed by atoms with Gasteiger partial charge in [-0.1, -0.05) is 25.5 Å². The van der Waals surface area contributed by atoms with Crippen LogP contribution in [0.2, 0.25) is 0 Å². The first-order chi connectivity index (χ1) is 14.2. The van der Waals surface area contributed by atoms with Crippen LogP contribution in [0.1, 0.15) is 43.9 Å². The number of hydrogen-bond acceptors (Lipinski definition) is 5. The van der Waals surface area contributed by atoms with Crippen LogP contribution in [-0.2, 0) is 0 Å². The zero-order valence-electron chi connectivity index (χ0n) is 16.8. The largest absolute Gasteiger partial charge is 0.494 e. The third-order valence-electron chi connectivity index (χ3n) is 5.05. The maximum atomic E-state index is 10.5. The Balaban J connectivity index is 1.76. The number of nitrogens with one attached hydrogen (secondary N) is 3. The summed E-state index contributed by atoms with van der Waals surface area (Å²) in [5.74, 6) is 1.66. The van der Waals surface area contributed by atoms with Crippen molar-refractivity contribution in [2.45, 2.75) is 32.7 Å². The number of unbranched alkanes of at least 4 members (excludes halogenated alkanes) is 1. The highest BCUT2D eigenvalue weighted by Gasteiger charge is 2.29. The third kappa shape index (κ3) is 3.83. The van der Waals surface area contributed by atoms with Crippen LogP contribution in [0.5, 0.6) is 17.4 Å². The van der Waals surface area contributed by atoms with Gasteiger partial charge >= 0.3 is 0 Å². The Morgan fingerprint density at radius 3 is 2.62 bits per heavy atom. The minimum absolute atomic E-state index is 0.128. The fraction of sp³-hybridized carbons (Fsp3) is 0.304. The minimum Gasteiger partial charge on any atom is -0.494 e. The zero-order valence-corrected chi connectivity index (χ0v) is 16.8. The Hall–Kier alpha value is -3.28. The van der Waals surface area contributed by atoms with E-state index in [-0.39, 0.29) is 11.9 Å².